The van der Waals surface area contributed by atoms with Crippen molar-refractivity contribution >= 4 is 17.0 Å². The Morgan fingerprint density at radius 2 is 2.04 bits per heavy atom. The number of aromatic nitrogens is 3. The summed E-state index contributed by atoms with van der Waals surface area (Å²) in [7, 11) is 2.95. The van der Waals surface area contributed by atoms with Crippen LogP contribution in [0.5, 0.6) is 5.75 Å². The molecule has 0 saturated heterocycles. The summed E-state index contributed by atoms with van der Waals surface area (Å²) in [6.07, 6.45) is 0. The highest BCUT2D eigenvalue weighted by atomic mass is 16.7. The standard InChI is InChI=1S/C16H15N3O4/c1-21-13-5-3-4-11(8-13)10-23-19-15-9-12(16(20)22-2)6-7-14(15)17-18-19/h3-9H,10H2,1-2H3. The van der Waals surface area contributed by atoms with Gasteiger partial charge in [-0.15, -0.1) is 5.10 Å². The van der Waals surface area contributed by atoms with Gasteiger partial charge in [-0.25, -0.2) is 4.79 Å². The number of rotatable bonds is 5. The van der Waals surface area contributed by atoms with E-state index in [2.05, 4.69) is 10.3 Å². The van der Waals surface area contributed by atoms with Crippen LogP contribution < -0.4 is 9.57 Å². The highest BCUT2D eigenvalue weighted by molar-refractivity contribution is 5.93. The Kier molecular flexibility index (Phi) is 4.09. The molecule has 7 heteroatoms. The van der Waals surface area contributed by atoms with E-state index in [1.165, 1.54) is 12.0 Å². The second kappa shape index (κ2) is 6.35. The molecule has 118 valence electrons. The summed E-state index contributed by atoms with van der Waals surface area (Å²) in [5.41, 5.74) is 2.56. The van der Waals surface area contributed by atoms with E-state index in [-0.39, 0.29) is 6.61 Å². The first-order valence-electron chi connectivity index (χ1n) is 6.91. The van der Waals surface area contributed by atoms with Crippen LogP contribution in [-0.2, 0) is 11.3 Å². The molecule has 23 heavy (non-hydrogen) atoms. The van der Waals surface area contributed by atoms with Gasteiger partial charge < -0.3 is 14.3 Å². The fourth-order valence-corrected chi connectivity index (χ4v) is 2.14. The number of carbonyl (C=O) groups is 1. The maximum absolute atomic E-state index is 11.6. The van der Waals surface area contributed by atoms with Crippen LogP contribution in [0.25, 0.3) is 11.0 Å². The predicted octanol–water partition coefficient (Wildman–Crippen LogP) is 1.86. The molecule has 1 aromatic heterocycles. The Labute approximate surface area is 132 Å². The topological polar surface area (TPSA) is 75.5 Å². The normalized spacial score (nSPS) is 10.5. The van der Waals surface area contributed by atoms with Crippen molar-refractivity contribution in [1.29, 1.82) is 0 Å². The van der Waals surface area contributed by atoms with Gasteiger partial charge in [0.05, 0.1) is 19.8 Å². The lowest BCUT2D eigenvalue weighted by molar-refractivity contribution is 0.0600. The Balaban J connectivity index is 1.83. The van der Waals surface area contributed by atoms with Crippen molar-refractivity contribution in [2.45, 2.75) is 6.61 Å². The summed E-state index contributed by atoms with van der Waals surface area (Å²) >= 11 is 0. The molecule has 0 atom stereocenters. The summed E-state index contributed by atoms with van der Waals surface area (Å²) in [5.74, 6) is 0.329. The molecule has 7 nitrogen and oxygen atoms in total. The van der Waals surface area contributed by atoms with Crippen LogP contribution in [0.3, 0.4) is 0 Å². The van der Waals surface area contributed by atoms with E-state index in [1.807, 2.05) is 24.3 Å². The molecule has 0 N–H and O–H groups in total. The Morgan fingerprint density at radius 1 is 1.17 bits per heavy atom. The number of hydrogen-bond acceptors (Lipinski definition) is 6. The quantitative estimate of drug-likeness (QED) is 0.669. The Bertz CT molecular complexity index is 844. The summed E-state index contributed by atoms with van der Waals surface area (Å²) in [4.78, 5) is 18.6. The van der Waals surface area contributed by atoms with Crippen molar-refractivity contribution in [2.75, 3.05) is 14.2 Å². The molecule has 0 aliphatic heterocycles. The fourth-order valence-electron chi connectivity index (χ4n) is 2.14. The second-order valence-electron chi connectivity index (χ2n) is 4.78. The van der Waals surface area contributed by atoms with E-state index in [1.54, 1.807) is 25.3 Å². The van der Waals surface area contributed by atoms with Gasteiger partial charge in [-0.1, -0.05) is 17.0 Å². The van der Waals surface area contributed by atoms with E-state index in [4.69, 9.17) is 14.3 Å². The maximum atomic E-state index is 11.6. The Hall–Kier alpha value is -3.09. The van der Waals surface area contributed by atoms with Crippen LogP contribution in [0, 0.1) is 0 Å². The lowest BCUT2D eigenvalue weighted by Crippen LogP contribution is -2.13. The van der Waals surface area contributed by atoms with Crippen molar-refractivity contribution < 1.29 is 19.1 Å². The number of carbonyl (C=O) groups excluding carboxylic acids is 1. The fraction of sp³-hybridized carbons (Fsp3) is 0.188. The molecule has 0 saturated carbocycles. The van der Waals surface area contributed by atoms with Gasteiger partial charge in [0.25, 0.3) is 0 Å². The van der Waals surface area contributed by atoms with Gasteiger partial charge in [-0.2, -0.15) is 0 Å². The lowest BCUT2D eigenvalue weighted by atomic mass is 10.2. The van der Waals surface area contributed by atoms with Crippen LogP contribution in [0.4, 0.5) is 0 Å². The summed E-state index contributed by atoms with van der Waals surface area (Å²) in [5, 5.41) is 7.94. The first-order valence-corrected chi connectivity index (χ1v) is 6.91. The molecule has 3 aromatic rings. The molecule has 0 spiro atoms. The lowest BCUT2D eigenvalue weighted by Gasteiger charge is -2.07. The van der Waals surface area contributed by atoms with Crippen LogP contribution >= 0.6 is 0 Å². The van der Waals surface area contributed by atoms with Gasteiger partial charge in [0.1, 0.15) is 23.4 Å². The van der Waals surface area contributed by atoms with Gasteiger partial charge >= 0.3 is 5.97 Å². The number of nitrogens with zero attached hydrogens (tertiary/aromatic N) is 3. The van der Waals surface area contributed by atoms with Crippen LogP contribution in [0.2, 0.25) is 0 Å². The number of benzene rings is 2. The van der Waals surface area contributed by atoms with Crippen molar-refractivity contribution in [3.8, 4) is 5.75 Å². The first-order chi connectivity index (χ1) is 11.2. The number of esters is 1. The monoisotopic (exact) mass is 313 g/mol. The van der Waals surface area contributed by atoms with E-state index in [9.17, 15) is 4.79 Å². The van der Waals surface area contributed by atoms with Crippen molar-refractivity contribution in [2.24, 2.45) is 0 Å². The molecule has 0 amide bonds. The van der Waals surface area contributed by atoms with E-state index in [0.717, 1.165) is 11.3 Å². The zero-order chi connectivity index (χ0) is 16.2. The molecule has 1 heterocycles. The summed E-state index contributed by atoms with van der Waals surface area (Å²) in [6.45, 7) is 0.290. The van der Waals surface area contributed by atoms with Gasteiger partial charge in [0.2, 0.25) is 0 Å². The van der Waals surface area contributed by atoms with Gasteiger partial charge in [-0.3, -0.25) is 0 Å². The zero-order valence-electron chi connectivity index (χ0n) is 12.7. The third-order valence-electron chi connectivity index (χ3n) is 3.32. The van der Waals surface area contributed by atoms with Crippen molar-refractivity contribution in [3.05, 3.63) is 53.6 Å². The number of ether oxygens (including phenoxy) is 2. The molecule has 3 rings (SSSR count). The molecular formula is C16H15N3O4. The molecule has 0 radical (unpaired) electrons. The summed E-state index contributed by atoms with van der Waals surface area (Å²) in [6, 6.07) is 12.5. The average molecular weight is 313 g/mol. The number of hydrogen-bond donors (Lipinski definition) is 0. The Morgan fingerprint density at radius 3 is 2.83 bits per heavy atom. The third-order valence-corrected chi connectivity index (χ3v) is 3.32. The van der Waals surface area contributed by atoms with Gasteiger partial charge in [-0.05, 0) is 41.1 Å². The molecule has 0 fully saturated rings. The highest BCUT2D eigenvalue weighted by Gasteiger charge is 2.11. The van der Waals surface area contributed by atoms with Gasteiger partial charge in [0, 0.05) is 0 Å². The molecule has 2 aromatic carbocycles. The predicted molar refractivity (Wildman–Crippen MR) is 82.1 cm³/mol. The zero-order valence-corrected chi connectivity index (χ0v) is 12.7. The van der Waals surface area contributed by atoms with Crippen LogP contribution in [0.1, 0.15) is 15.9 Å². The highest BCUT2D eigenvalue weighted by Crippen LogP contribution is 2.15. The average Bonchev–Trinajstić information content (AvgIpc) is 3.01. The second-order valence-corrected chi connectivity index (χ2v) is 4.78. The van der Waals surface area contributed by atoms with Crippen LogP contribution in [0.15, 0.2) is 42.5 Å². The summed E-state index contributed by atoms with van der Waals surface area (Å²) < 4.78 is 9.89. The molecular weight excluding hydrogens is 298 g/mol. The third kappa shape index (κ3) is 3.08. The van der Waals surface area contributed by atoms with E-state index < -0.39 is 5.97 Å². The maximum Gasteiger partial charge on any atom is 0.337 e. The van der Waals surface area contributed by atoms with Crippen molar-refractivity contribution in [1.82, 2.24) is 15.2 Å². The number of methoxy groups -OCH3 is 2. The van der Waals surface area contributed by atoms with E-state index in [0.29, 0.717) is 16.6 Å². The van der Waals surface area contributed by atoms with E-state index >= 15 is 0 Å². The minimum Gasteiger partial charge on any atom is -0.497 e. The number of fused-ring (bicyclic) bond motifs is 1. The van der Waals surface area contributed by atoms with Gasteiger partial charge in [0.15, 0.2) is 0 Å². The largest absolute Gasteiger partial charge is 0.497 e. The first kappa shape index (κ1) is 14.8. The minimum absolute atomic E-state index is 0.290. The molecule has 0 aliphatic rings. The van der Waals surface area contributed by atoms with Crippen LogP contribution in [-0.4, -0.2) is 35.3 Å². The smallest absolute Gasteiger partial charge is 0.337 e. The van der Waals surface area contributed by atoms with Crippen molar-refractivity contribution in [3.63, 3.8) is 0 Å². The SMILES string of the molecule is COC(=O)c1ccc2nnn(OCc3cccc(OC)c3)c2c1. The molecule has 0 aliphatic carbocycles. The minimum atomic E-state index is -0.424. The molecule has 0 unspecified atom stereocenters. The molecule has 0 bridgehead atoms.